The molecule has 132 valence electrons. The Morgan fingerprint density at radius 1 is 1.33 bits per heavy atom. The van der Waals surface area contributed by atoms with E-state index in [9.17, 15) is 4.79 Å². The first kappa shape index (κ1) is 17.3. The first-order chi connectivity index (χ1) is 11.3. The van der Waals surface area contributed by atoms with Crippen LogP contribution >= 0.6 is 11.6 Å². The number of carbonyl (C=O) groups excluding carboxylic acids is 1. The second-order valence-corrected chi connectivity index (χ2v) is 8.02. The molecule has 7 heteroatoms. The molecule has 0 spiro atoms. The van der Waals surface area contributed by atoms with Crippen LogP contribution < -0.4 is 5.32 Å². The van der Waals surface area contributed by atoms with Gasteiger partial charge in [0.1, 0.15) is 11.4 Å². The summed E-state index contributed by atoms with van der Waals surface area (Å²) >= 11 is 6.13. The Kier molecular flexibility index (Phi) is 4.85. The van der Waals surface area contributed by atoms with E-state index in [1.165, 1.54) is 12.8 Å². The second-order valence-electron chi connectivity index (χ2n) is 7.66. The van der Waals surface area contributed by atoms with Gasteiger partial charge in [0.2, 0.25) is 0 Å². The second kappa shape index (κ2) is 6.75. The van der Waals surface area contributed by atoms with E-state index < -0.39 is 5.60 Å². The van der Waals surface area contributed by atoms with Crippen molar-refractivity contribution in [3.63, 3.8) is 0 Å². The van der Waals surface area contributed by atoms with Crippen LogP contribution in [0.4, 0.5) is 10.6 Å². The van der Waals surface area contributed by atoms with Crippen LogP contribution in [0.25, 0.3) is 0 Å². The van der Waals surface area contributed by atoms with Crippen molar-refractivity contribution in [1.29, 1.82) is 0 Å². The summed E-state index contributed by atoms with van der Waals surface area (Å²) in [5.74, 6) is 1.26. The third-order valence-corrected chi connectivity index (χ3v) is 4.51. The number of amides is 1. The van der Waals surface area contributed by atoms with Gasteiger partial charge in [0.25, 0.3) is 0 Å². The maximum Gasteiger partial charge on any atom is 0.410 e. The Hall–Kier alpha value is -1.56. The van der Waals surface area contributed by atoms with Gasteiger partial charge in [0, 0.05) is 19.1 Å². The van der Waals surface area contributed by atoms with E-state index in [-0.39, 0.29) is 12.1 Å². The van der Waals surface area contributed by atoms with Crippen molar-refractivity contribution in [3.05, 3.63) is 16.8 Å². The molecular formula is C17H25ClN4O2. The molecule has 24 heavy (non-hydrogen) atoms. The van der Waals surface area contributed by atoms with Crippen LogP contribution in [0, 0.1) is 0 Å². The molecule has 1 aromatic heterocycles. The Labute approximate surface area is 147 Å². The van der Waals surface area contributed by atoms with E-state index >= 15 is 0 Å². The average molecular weight is 353 g/mol. The van der Waals surface area contributed by atoms with Gasteiger partial charge in [-0.05, 0) is 64.0 Å². The van der Waals surface area contributed by atoms with Gasteiger partial charge in [0.15, 0.2) is 5.15 Å². The minimum absolute atomic E-state index is 0.147. The van der Waals surface area contributed by atoms with Gasteiger partial charge >= 0.3 is 6.09 Å². The number of anilines is 1. The van der Waals surface area contributed by atoms with E-state index in [0.29, 0.717) is 17.6 Å². The number of aromatic nitrogens is 2. The maximum absolute atomic E-state index is 12.2. The van der Waals surface area contributed by atoms with E-state index in [4.69, 9.17) is 16.3 Å². The zero-order chi connectivity index (χ0) is 17.3. The quantitative estimate of drug-likeness (QED) is 0.895. The summed E-state index contributed by atoms with van der Waals surface area (Å²) in [5.41, 5.74) is 0.604. The highest BCUT2D eigenvalue weighted by Crippen LogP contribution is 2.43. The van der Waals surface area contributed by atoms with Gasteiger partial charge in [-0.2, -0.15) is 0 Å². The first-order valence-corrected chi connectivity index (χ1v) is 8.97. The summed E-state index contributed by atoms with van der Waals surface area (Å²) in [6, 6.07) is 2.15. The molecule has 2 fully saturated rings. The number of piperidine rings is 1. The molecule has 6 nitrogen and oxygen atoms in total. The van der Waals surface area contributed by atoms with E-state index in [2.05, 4.69) is 15.5 Å². The van der Waals surface area contributed by atoms with Crippen LogP contribution in [0.15, 0.2) is 6.07 Å². The van der Waals surface area contributed by atoms with Crippen molar-refractivity contribution >= 4 is 23.5 Å². The third-order valence-electron chi connectivity index (χ3n) is 4.22. The molecule has 1 saturated carbocycles. The predicted octanol–water partition coefficient (Wildman–Crippen LogP) is 3.82. The molecule has 1 amide bonds. The van der Waals surface area contributed by atoms with Crippen molar-refractivity contribution in [1.82, 2.24) is 15.1 Å². The molecule has 1 aromatic rings. The average Bonchev–Trinajstić information content (AvgIpc) is 3.32. The number of rotatable bonds is 3. The van der Waals surface area contributed by atoms with Crippen LogP contribution in [-0.2, 0) is 4.74 Å². The summed E-state index contributed by atoms with van der Waals surface area (Å²) in [5, 5.41) is 12.1. The van der Waals surface area contributed by atoms with Crippen molar-refractivity contribution < 1.29 is 9.53 Å². The van der Waals surface area contributed by atoms with Crippen LogP contribution in [0.1, 0.15) is 57.9 Å². The highest BCUT2D eigenvalue weighted by molar-refractivity contribution is 6.30. The SMILES string of the molecule is CC(C)(C)OC(=O)N1CCCC(Nc2cc(C3CC3)c(Cl)nn2)C1. The summed E-state index contributed by atoms with van der Waals surface area (Å²) < 4.78 is 5.46. The van der Waals surface area contributed by atoms with E-state index in [0.717, 1.165) is 30.8 Å². The maximum atomic E-state index is 12.2. The van der Waals surface area contributed by atoms with Gasteiger partial charge < -0.3 is 15.0 Å². The number of ether oxygens (including phenoxy) is 1. The standard InChI is InChI=1S/C17H25ClN4O2/c1-17(2,3)24-16(23)22-8-4-5-12(10-22)19-14-9-13(11-6-7-11)15(18)21-20-14/h9,11-12H,4-8,10H2,1-3H3,(H,19,20). The summed E-state index contributed by atoms with van der Waals surface area (Å²) in [7, 11) is 0. The molecule has 1 aliphatic heterocycles. The fraction of sp³-hybridized carbons (Fsp3) is 0.706. The normalized spacial score (nSPS) is 21.5. The lowest BCUT2D eigenvalue weighted by Gasteiger charge is -2.34. The van der Waals surface area contributed by atoms with Crippen molar-refractivity contribution in [3.8, 4) is 0 Å². The molecule has 1 unspecified atom stereocenters. The Bertz CT molecular complexity index is 613. The summed E-state index contributed by atoms with van der Waals surface area (Å²) in [6.45, 7) is 6.98. The molecule has 0 radical (unpaired) electrons. The summed E-state index contributed by atoms with van der Waals surface area (Å²) in [4.78, 5) is 14.0. The molecule has 2 aliphatic rings. The van der Waals surface area contributed by atoms with Gasteiger partial charge in [0.05, 0.1) is 0 Å². The Morgan fingerprint density at radius 2 is 2.08 bits per heavy atom. The minimum Gasteiger partial charge on any atom is -0.444 e. The highest BCUT2D eigenvalue weighted by atomic mass is 35.5. The lowest BCUT2D eigenvalue weighted by Crippen LogP contribution is -2.47. The van der Waals surface area contributed by atoms with Gasteiger partial charge in [-0.15, -0.1) is 10.2 Å². The first-order valence-electron chi connectivity index (χ1n) is 8.59. The molecule has 3 rings (SSSR count). The fourth-order valence-electron chi connectivity index (χ4n) is 2.94. The smallest absolute Gasteiger partial charge is 0.410 e. The number of nitrogens with zero attached hydrogens (tertiary/aromatic N) is 3. The number of hydrogen-bond acceptors (Lipinski definition) is 5. The molecule has 1 aliphatic carbocycles. The van der Waals surface area contributed by atoms with E-state index in [1.54, 1.807) is 4.90 Å². The van der Waals surface area contributed by atoms with Gasteiger partial charge in [-0.1, -0.05) is 11.6 Å². The zero-order valence-electron chi connectivity index (χ0n) is 14.5. The topological polar surface area (TPSA) is 67.3 Å². The minimum atomic E-state index is -0.474. The number of hydrogen-bond donors (Lipinski definition) is 1. The number of likely N-dealkylation sites (tertiary alicyclic amines) is 1. The van der Waals surface area contributed by atoms with Crippen molar-refractivity contribution in [2.45, 2.75) is 64.0 Å². The number of carbonyl (C=O) groups is 1. The van der Waals surface area contributed by atoms with Gasteiger partial charge in [-0.3, -0.25) is 0 Å². The van der Waals surface area contributed by atoms with Crippen LogP contribution in [0.2, 0.25) is 5.15 Å². The monoisotopic (exact) mass is 352 g/mol. The lowest BCUT2D eigenvalue weighted by molar-refractivity contribution is 0.0206. The van der Waals surface area contributed by atoms with Gasteiger partial charge in [-0.25, -0.2) is 4.79 Å². The molecule has 1 atom stereocenters. The molecule has 2 heterocycles. The molecule has 1 saturated heterocycles. The number of nitrogens with one attached hydrogen (secondary N) is 1. The largest absolute Gasteiger partial charge is 0.444 e. The predicted molar refractivity (Wildman–Crippen MR) is 93.5 cm³/mol. The molecule has 1 N–H and O–H groups in total. The molecular weight excluding hydrogens is 328 g/mol. The van der Waals surface area contributed by atoms with E-state index in [1.807, 2.05) is 26.8 Å². The lowest BCUT2D eigenvalue weighted by atomic mass is 10.1. The molecule has 0 bridgehead atoms. The number of halogens is 1. The third kappa shape index (κ3) is 4.50. The Morgan fingerprint density at radius 3 is 2.75 bits per heavy atom. The van der Waals surface area contributed by atoms with Crippen molar-refractivity contribution in [2.24, 2.45) is 0 Å². The highest BCUT2D eigenvalue weighted by Gasteiger charge is 2.29. The molecule has 0 aromatic carbocycles. The summed E-state index contributed by atoms with van der Waals surface area (Å²) in [6.07, 6.45) is 4.01. The van der Waals surface area contributed by atoms with Crippen LogP contribution in [-0.4, -0.2) is 45.9 Å². The van der Waals surface area contributed by atoms with Crippen molar-refractivity contribution in [2.75, 3.05) is 18.4 Å². The van der Waals surface area contributed by atoms with Crippen LogP contribution in [0.5, 0.6) is 0 Å². The Balaban J connectivity index is 1.61. The van der Waals surface area contributed by atoms with Crippen LogP contribution in [0.3, 0.4) is 0 Å². The zero-order valence-corrected chi connectivity index (χ0v) is 15.3. The fourth-order valence-corrected chi connectivity index (χ4v) is 3.19.